The predicted octanol–water partition coefficient (Wildman–Crippen LogP) is 0.773. The summed E-state index contributed by atoms with van der Waals surface area (Å²) < 4.78 is 25.5. The smallest absolute Gasteiger partial charge is 0.211 e. The molecule has 2 aromatic heterocycles. The van der Waals surface area contributed by atoms with E-state index in [2.05, 4.69) is 14.9 Å². The van der Waals surface area contributed by atoms with Gasteiger partial charge in [-0.2, -0.15) is 4.31 Å². The summed E-state index contributed by atoms with van der Waals surface area (Å²) in [7, 11) is -3.08. The number of anilines is 1. The van der Waals surface area contributed by atoms with Crippen LogP contribution in [0.5, 0.6) is 0 Å². The van der Waals surface area contributed by atoms with E-state index >= 15 is 0 Å². The number of aromatic nitrogens is 2. The lowest BCUT2D eigenvalue weighted by atomic mass is 10.4. The zero-order valence-corrected chi connectivity index (χ0v) is 12.1. The molecule has 0 N–H and O–H groups in total. The molecule has 0 atom stereocenters. The Hall–Kier alpha value is -1.25. The van der Waals surface area contributed by atoms with Gasteiger partial charge in [-0.1, -0.05) is 11.3 Å². The van der Waals surface area contributed by atoms with E-state index in [0.29, 0.717) is 26.2 Å². The maximum absolute atomic E-state index is 11.5. The van der Waals surface area contributed by atoms with E-state index in [-0.39, 0.29) is 0 Å². The molecule has 1 aliphatic heterocycles. The molecule has 8 heteroatoms. The monoisotopic (exact) mass is 298 g/mol. The van der Waals surface area contributed by atoms with Gasteiger partial charge in [0, 0.05) is 32.4 Å². The fourth-order valence-corrected chi connectivity index (χ4v) is 3.92. The first-order valence-electron chi connectivity index (χ1n) is 5.95. The molecule has 1 aliphatic rings. The van der Waals surface area contributed by atoms with E-state index in [1.54, 1.807) is 23.7 Å². The molecule has 0 amide bonds. The van der Waals surface area contributed by atoms with E-state index in [1.165, 1.54) is 10.6 Å². The van der Waals surface area contributed by atoms with Crippen molar-refractivity contribution in [3.8, 4) is 0 Å². The highest BCUT2D eigenvalue weighted by atomic mass is 32.2. The molecule has 0 radical (unpaired) electrons. The number of hydrogen-bond donors (Lipinski definition) is 0. The fraction of sp³-hybridized carbons (Fsp3) is 0.455. The van der Waals surface area contributed by atoms with E-state index in [1.807, 2.05) is 6.07 Å². The SMILES string of the molecule is CS(=O)(=O)N1CCN(c2nc3cnccc3s2)CC1. The third-order valence-corrected chi connectivity index (χ3v) is 5.56. The van der Waals surface area contributed by atoms with Crippen molar-refractivity contribution < 1.29 is 8.42 Å². The molecule has 3 rings (SSSR count). The van der Waals surface area contributed by atoms with Crippen LogP contribution in [0.1, 0.15) is 0 Å². The average Bonchev–Trinajstić information content (AvgIpc) is 2.81. The standard InChI is InChI=1S/C11H14N4O2S2/c1-19(16,17)15-6-4-14(5-7-15)11-13-9-8-12-3-2-10(9)18-11/h2-3,8H,4-7H2,1H3. The first-order chi connectivity index (χ1) is 9.04. The van der Waals surface area contributed by atoms with Gasteiger partial charge in [0.05, 0.1) is 17.2 Å². The number of thiazole rings is 1. The quantitative estimate of drug-likeness (QED) is 0.819. The zero-order valence-electron chi connectivity index (χ0n) is 10.5. The molecule has 0 aromatic carbocycles. The van der Waals surface area contributed by atoms with Crippen LogP contribution >= 0.6 is 11.3 Å². The summed E-state index contributed by atoms with van der Waals surface area (Å²) in [6.45, 7) is 2.40. The molecule has 6 nitrogen and oxygen atoms in total. The van der Waals surface area contributed by atoms with Crippen LogP contribution in [0.2, 0.25) is 0 Å². The number of fused-ring (bicyclic) bond motifs is 1. The molecule has 0 saturated carbocycles. The molecular formula is C11H14N4O2S2. The van der Waals surface area contributed by atoms with E-state index < -0.39 is 10.0 Å². The zero-order chi connectivity index (χ0) is 13.5. The van der Waals surface area contributed by atoms with Crippen molar-refractivity contribution in [2.75, 3.05) is 37.3 Å². The van der Waals surface area contributed by atoms with E-state index in [9.17, 15) is 8.42 Å². The maximum atomic E-state index is 11.5. The van der Waals surface area contributed by atoms with Crippen LogP contribution in [-0.4, -0.2) is 55.1 Å². The highest BCUT2D eigenvalue weighted by molar-refractivity contribution is 7.88. The highest BCUT2D eigenvalue weighted by Gasteiger charge is 2.24. The van der Waals surface area contributed by atoms with Gasteiger partial charge < -0.3 is 4.90 Å². The Bertz CT molecular complexity index is 657. The summed E-state index contributed by atoms with van der Waals surface area (Å²) in [4.78, 5) is 10.7. The Morgan fingerprint density at radius 1 is 1.26 bits per heavy atom. The van der Waals surface area contributed by atoms with Crippen molar-refractivity contribution in [3.63, 3.8) is 0 Å². The lowest BCUT2D eigenvalue weighted by Crippen LogP contribution is -2.48. The summed E-state index contributed by atoms with van der Waals surface area (Å²) in [6, 6.07) is 1.95. The van der Waals surface area contributed by atoms with Crippen LogP contribution in [0.25, 0.3) is 10.2 Å². The lowest BCUT2D eigenvalue weighted by molar-refractivity contribution is 0.388. The van der Waals surface area contributed by atoms with Crippen molar-refractivity contribution in [2.24, 2.45) is 0 Å². The van der Waals surface area contributed by atoms with Gasteiger partial charge in [-0.05, 0) is 6.07 Å². The lowest BCUT2D eigenvalue weighted by Gasteiger charge is -2.32. The molecule has 2 aromatic rings. The van der Waals surface area contributed by atoms with Crippen molar-refractivity contribution in [1.29, 1.82) is 0 Å². The van der Waals surface area contributed by atoms with Gasteiger partial charge in [-0.25, -0.2) is 13.4 Å². The van der Waals surface area contributed by atoms with Crippen LogP contribution in [-0.2, 0) is 10.0 Å². The Morgan fingerprint density at radius 2 is 2.00 bits per heavy atom. The number of nitrogens with zero attached hydrogens (tertiary/aromatic N) is 4. The number of pyridine rings is 1. The number of hydrogen-bond acceptors (Lipinski definition) is 6. The molecule has 0 bridgehead atoms. The van der Waals surface area contributed by atoms with Gasteiger partial charge >= 0.3 is 0 Å². The minimum atomic E-state index is -3.08. The maximum Gasteiger partial charge on any atom is 0.211 e. The summed E-state index contributed by atoms with van der Waals surface area (Å²) in [6.07, 6.45) is 4.76. The summed E-state index contributed by atoms with van der Waals surface area (Å²) in [5.41, 5.74) is 0.896. The van der Waals surface area contributed by atoms with Crippen LogP contribution in [0.3, 0.4) is 0 Å². The van der Waals surface area contributed by atoms with Crippen molar-refractivity contribution in [2.45, 2.75) is 0 Å². The second-order valence-corrected chi connectivity index (χ2v) is 7.48. The Morgan fingerprint density at radius 3 is 2.63 bits per heavy atom. The largest absolute Gasteiger partial charge is 0.345 e. The second kappa shape index (κ2) is 4.69. The van der Waals surface area contributed by atoms with Gasteiger partial charge in [-0.15, -0.1) is 0 Å². The number of rotatable bonds is 2. The first-order valence-corrected chi connectivity index (χ1v) is 8.61. The minimum absolute atomic E-state index is 0.521. The van der Waals surface area contributed by atoms with E-state index in [4.69, 9.17) is 0 Å². The molecule has 19 heavy (non-hydrogen) atoms. The summed E-state index contributed by atoms with van der Waals surface area (Å²) >= 11 is 1.62. The third kappa shape index (κ3) is 2.56. The molecular weight excluding hydrogens is 284 g/mol. The normalized spacial score (nSPS) is 18.1. The average molecular weight is 298 g/mol. The van der Waals surface area contributed by atoms with Crippen LogP contribution in [0, 0.1) is 0 Å². The van der Waals surface area contributed by atoms with Gasteiger partial charge in [0.15, 0.2) is 5.13 Å². The molecule has 3 heterocycles. The number of piperazine rings is 1. The number of sulfonamides is 1. The molecule has 0 spiro atoms. The van der Waals surface area contributed by atoms with Gasteiger partial charge in [-0.3, -0.25) is 4.98 Å². The Kier molecular flexibility index (Phi) is 3.15. The minimum Gasteiger partial charge on any atom is -0.345 e. The van der Waals surface area contributed by atoms with Crippen LogP contribution in [0.15, 0.2) is 18.5 Å². The van der Waals surface area contributed by atoms with Crippen molar-refractivity contribution >= 4 is 36.7 Å². The van der Waals surface area contributed by atoms with Gasteiger partial charge in [0.2, 0.25) is 10.0 Å². The third-order valence-electron chi connectivity index (χ3n) is 3.16. The second-order valence-electron chi connectivity index (χ2n) is 4.49. The summed E-state index contributed by atoms with van der Waals surface area (Å²) in [5.74, 6) is 0. The molecule has 102 valence electrons. The molecule has 0 unspecified atom stereocenters. The predicted molar refractivity (Wildman–Crippen MR) is 76.0 cm³/mol. The Balaban J connectivity index is 1.78. The van der Waals surface area contributed by atoms with E-state index in [0.717, 1.165) is 15.3 Å². The fourth-order valence-electron chi connectivity index (χ4n) is 2.11. The molecule has 1 saturated heterocycles. The first kappa shape index (κ1) is 12.8. The van der Waals surface area contributed by atoms with Crippen LogP contribution in [0.4, 0.5) is 5.13 Å². The molecule has 1 fully saturated rings. The van der Waals surface area contributed by atoms with Crippen molar-refractivity contribution in [1.82, 2.24) is 14.3 Å². The van der Waals surface area contributed by atoms with Crippen LogP contribution < -0.4 is 4.90 Å². The van der Waals surface area contributed by atoms with Crippen molar-refractivity contribution in [3.05, 3.63) is 18.5 Å². The highest BCUT2D eigenvalue weighted by Crippen LogP contribution is 2.28. The summed E-state index contributed by atoms with van der Waals surface area (Å²) in [5, 5.41) is 0.941. The van der Waals surface area contributed by atoms with Gasteiger partial charge in [0.25, 0.3) is 0 Å². The topological polar surface area (TPSA) is 66.4 Å². The molecule has 0 aliphatic carbocycles. The van der Waals surface area contributed by atoms with Gasteiger partial charge in [0.1, 0.15) is 5.52 Å². The Labute approximate surface area is 115 Å².